The standard InChI is InChI=1S/C13H19NO4/c1-9(2)8-18-13(15)14-10-5-11(16-3)7-12(6-10)17-4/h5-7,9H,8H2,1-4H3,(H,14,15). The van der Waals surface area contributed by atoms with Crippen LogP contribution in [0.3, 0.4) is 0 Å². The fourth-order valence-electron chi connectivity index (χ4n) is 1.28. The first-order valence-electron chi connectivity index (χ1n) is 5.72. The van der Waals surface area contributed by atoms with Gasteiger partial charge in [-0.15, -0.1) is 0 Å². The summed E-state index contributed by atoms with van der Waals surface area (Å²) in [6.45, 7) is 4.33. The molecule has 1 amide bonds. The van der Waals surface area contributed by atoms with E-state index in [0.29, 0.717) is 29.7 Å². The molecule has 1 aromatic carbocycles. The monoisotopic (exact) mass is 253 g/mol. The Labute approximate surface area is 107 Å². The first-order chi connectivity index (χ1) is 8.55. The summed E-state index contributed by atoms with van der Waals surface area (Å²) in [7, 11) is 3.10. The highest BCUT2D eigenvalue weighted by Gasteiger charge is 2.07. The molecule has 0 aliphatic rings. The largest absolute Gasteiger partial charge is 0.497 e. The molecule has 0 atom stereocenters. The highest BCUT2D eigenvalue weighted by atomic mass is 16.5. The second kappa shape index (κ2) is 6.74. The van der Waals surface area contributed by atoms with Gasteiger partial charge in [-0.1, -0.05) is 13.8 Å². The third kappa shape index (κ3) is 4.53. The first kappa shape index (κ1) is 14.2. The number of amides is 1. The number of rotatable bonds is 5. The van der Waals surface area contributed by atoms with Gasteiger partial charge in [0, 0.05) is 18.2 Å². The summed E-state index contributed by atoms with van der Waals surface area (Å²) < 4.78 is 15.2. The normalized spacial score (nSPS) is 10.1. The second-order valence-electron chi connectivity index (χ2n) is 4.22. The van der Waals surface area contributed by atoms with Gasteiger partial charge in [0.25, 0.3) is 0 Å². The lowest BCUT2D eigenvalue weighted by atomic mass is 10.2. The highest BCUT2D eigenvalue weighted by molar-refractivity contribution is 5.85. The van der Waals surface area contributed by atoms with Gasteiger partial charge in [-0.3, -0.25) is 5.32 Å². The van der Waals surface area contributed by atoms with Crippen molar-refractivity contribution in [1.82, 2.24) is 0 Å². The zero-order valence-electron chi connectivity index (χ0n) is 11.1. The van der Waals surface area contributed by atoms with E-state index in [9.17, 15) is 4.79 Å². The predicted octanol–water partition coefficient (Wildman–Crippen LogP) is 2.91. The lowest BCUT2D eigenvalue weighted by Gasteiger charge is -2.11. The molecule has 5 nitrogen and oxygen atoms in total. The van der Waals surface area contributed by atoms with Crippen LogP contribution in [-0.4, -0.2) is 26.9 Å². The number of carbonyl (C=O) groups is 1. The number of nitrogens with one attached hydrogen (secondary N) is 1. The molecule has 18 heavy (non-hydrogen) atoms. The van der Waals surface area contributed by atoms with Crippen molar-refractivity contribution in [1.29, 1.82) is 0 Å². The van der Waals surface area contributed by atoms with Crippen molar-refractivity contribution < 1.29 is 19.0 Å². The number of methoxy groups -OCH3 is 2. The van der Waals surface area contributed by atoms with Crippen LogP contribution in [0.25, 0.3) is 0 Å². The molecule has 0 radical (unpaired) electrons. The summed E-state index contributed by atoms with van der Waals surface area (Å²) in [4.78, 5) is 11.5. The first-order valence-corrected chi connectivity index (χ1v) is 5.72. The Hall–Kier alpha value is -1.91. The molecule has 0 saturated carbocycles. The molecule has 1 N–H and O–H groups in total. The predicted molar refractivity (Wildman–Crippen MR) is 69.4 cm³/mol. The van der Waals surface area contributed by atoms with Crippen LogP contribution in [0.15, 0.2) is 18.2 Å². The molecule has 100 valence electrons. The number of hydrogen-bond acceptors (Lipinski definition) is 4. The van der Waals surface area contributed by atoms with Crippen molar-refractivity contribution in [3.63, 3.8) is 0 Å². The van der Waals surface area contributed by atoms with Crippen LogP contribution in [0.5, 0.6) is 11.5 Å². The Bertz CT molecular complexity index is 382. The Balaban J connectivity index is 2.68. The number of carbonyl (C=O) groups excluding carboxylic acids is 1. The minimum absolute atomic E-state index is 0.301. The molecule has 1 rings (SSSR count). The van der Waals surface area contributed by atoms with Crippen molar-refractivity contribution in [2.75, 3.05) is 26.1 Å². The lowest BCUT2D eigenvalue weighted by Crippen LogP contribution is -2.16. The molecule has 0 fully saturated rings. The quantitative estimate of drug-likeness (QED) is 0.876. The van der Waals surface area contributed by atoms with E-state index in [2.05, 4.69) is 5.32 Å². The third-order valence-electron chi connectivity index (χ3n) is 2.15. The zero-order valence-corrected chi connectivity index (χ0v) is 11.1. The van der Waals surface area contributed by atoms with Crippen molar-refractivity contribution >= 4 is 11.8 Å². The number of hydrogen-bond donors (Lipinski definition) is 1. The van der Waals surface area contributed by atoms with Crippen LogP contribution in [0.4, 0.5) is 10.5 Å². The molecular formula is C13H19NO4. The minimum Gasteiger partial charge on any atom is -0.497 e. The van der Waals surface area contributed by atoms with E-state index in [0.717, 1.165) is 0 Å². The molecule has 0 saturated heterocycles. The SMILES string of the molecule is COc1cc(NC(=O)OCC(C)C)cc(OC)c1. The van der Waals surface area contributed by atoms with Gasteiger partial charge in [-0.25, -0.2) is 4.79 Å². The topological polar surface area (TPSA) is 56.8 Å². The van der Waals surface area contributed by atoms with Crippen LogP contribution in [0, 0.1) is 5.92 Å². The summed E-state index contributed by atoms with van der Waals surface area (Å²) in [5, 5.41) is 2.63. The number of anilines is 1. The Morgan fingerprint density at radius 2 is 1.72 bits per heavy atom. The van der Waals surface area contributed by atoms with E-state index in [1.807, 2.05) is 13.8 Å². The van der Waals surface area contributed by atoms with Crippen molar-refractivity contribution in [3.05, 3.63) is 18.2 Å². The van der Waals surface area contributed by atoms with E-state index >= 15 is 0 Å². The molecule has 5 heteroatoms. The average Bonchev–Trinajstić information content (AvgIpc) is 2.35. The Morgan fingerprint density at radius 3 is 2.17 bits per heavy atom. The molecule has 0 aliphatic heterocycles. The lowest BCUT2D eigenvalue weighted by molar-refractivity contribution is 0.147. The highest BCUT2D eigenvalue weighted by Crippen LogP contribution is 2.25. The van der Waals surface area contributed by atoms with Gasteiger partial charge in [-0.2, -0.15) is 0 Å². The zero-order chi connectivity index (χ0) is 13.5. The van der Waals surface area contributed by atoms with Crippen molar-refractivity contribution in [2.45, 2.75) is 13.8 Å². The van der Waals surface area contributed by atoms with E-state index in [-0.39, 0.29) is 0 Å². The van der Waals surface area contributed by atoms with Crippen molar-refractivity contribution in [3.8, 4) is 11.5 Å². The molecule has 0 heterocycles. The average molecular weight is 253 g/mol. The molecule has 0 bridgehead atoms. The van der Waals surface area contributed by atoms with E-state index < -0.39 is 6.09 Å². The second-order valence-corrected chi connectivity index (χ2v) is 4.22. The minimum atomic E-state index is -0.487. The van der Waals surface area contributed by atoms with E-state index in [1.54, 1.807) is 32.4 Å². The van der Waals surface area contributed by atoms with E-state index in [1.165, 1.54) is 0 Å². The summed E-state index contributed by atoms with van der Waals surface area (Å²) in [5.74, 6) is 1.51. The van der Waals surface area contributed by atoms with E-state index in [4.69, 9.17) is 14.2 Å². The number of ether oxygens (including phenoxy) is 3. The molecular weight excluding hydrogens is 234 g/mol. The van der Waals surface area contributed by atoms with Gasteiger partial charge in [0.05, 0.1) is 26.5 Å². The van der Waals surface area contributed by atoms with Crippen LogP contribution in [0.1, 0.15) is 13.8 Å². The molecule has 1 aromatic rings. The van der Waals surface area contributed by atoms with Crippen LogP contribution in [-0.2, 0) is 4.74 Å². The molecule has 0 spiro atoms. The fraction of sp³-hybridized carbons (Fsp3) is 0.462. The molecule has 0 unspecified atom stereocenters. The van der Waals surface area contributed by atoms with Crippen molar-refractivity contribution in [2.24, 2.45) is 5.92 Å². The molecule has 0 aromatic heterocycles. The summed E-state index contributed by atoms with van der Waals surface area (Å²) in [6, 6.07) is 5.11. The summed E-state index contributed by atoms with van der Waals surface area (Å²) >= 11 is 0. The van der Waals surface area contributed by atoms with Gasteiger partial charge in [0.15, 0.2) is 0 Å². The third-order valence-corrected chi connectivity index (χ3v) is 2.15. The van der Waals surface area contributed by atoms with Crippen LogP contribution in [0.2, 0.25) is 0 Å². The maximum absolute atomic E-state index is 11.5. The Kier molecular flexibility index (Phi) is 5.30. The molecule has 0 aliphatic carbocycles. The van der Waals surface area contributed by atoms with Gasteiger partial charge >= 0.3 is 6.09 Å². The van der Waals surface area contributed by atoms with Gasteiger partial charge in [0.2, 0.25) is 0 Å². The van der Waals surface area contributed by atoms with Gasteiger partial charge in [0.1, 0.15) is 11.5 Å². The van der Waals surface area contributed by atoms with Gasteiger partial charge < -0.3 is 14.2 Å². The number of benzene rings is 1. The maximum atomic E-state index is 11.5. The fourth-order valence-corrected chi connectivity index (χ4v) is 1.28. The van der Waals surface area contributed by atoms with Crippen LogP contribution >= 0.6 is 0 Å². The summed E-state index contributed by atoms with van der Waals surface area (Å²) in [6.07, 6.45) is -0.487. The Morgan fingerprint density at radius 1 is 1.17 bits per heavy atom. The summed E-state index contributed by atoms with van der Waals surface area (Å²) in [5.41, 5.74) is 0.569. The van der Waals surface area contributed by atoms with Crippen LogP contribution < -0.4 is 14.8 Å². The van der Waals surface area contributed by atoms with Gasteiger partial charge in [-0.05, 0) is 5.92 Å². The maximum Gasteiger partial charge on any atom is 0.411 e. The smallest absolute Gasteiger partial charge is 0.411 e.